The average molecular weight is 313 g/mol. The number of nitrogens with one attached hydrogen (secondary N) is 1. The zero-order valence-electron chi connectivity index (χ0n) is 13.3. The SMILES string of the molecule is CCC(C)N(C)CCNC(C)c1ccc(S(N)(=O)=O)cc1. The number of nitrogens with two attached hydrogens (primary N) is 1. The van der Waals surface area contributed by atoms with Crippen LogP contribution < -0.4 is 10.5 Å². The molecule has 0 spiro atoms. The van der Waals surface area contributed by atoms with Gasteiger partial charge in [0.05, 0.1) is 4.90 Å². The number of primary sulfonamides is 1. The van der Waals surface area contributed by atoms with Crippen molar-refractivity contribution in [2.75, 3.05) is 20.1 Å². The van der Waals surface area contributed by atoms with Crippen LogP contribution in [0.5, 0.6) is 0 Å². The summed E-state index contributed by atoms with van der Waals surface area (Å²) in [6, 6.07) is 7.45. The zero-order valence-corrected chi connectivity index (χ0v) is 14.2. The molecule has 2 atom stereocenters. The van der Waals surface area contributed by atoms with E-state index < -0.39 is 10.0 Å². The second-order valence-electron chi connectivity index (χ2n) is 5.53. The van der Waals surface area contributed by atoms with Gasteiger partial charge in [0.25, 0.3) is 0 Å². The molecule has 0 saturated heterocycles. The van der Waals surface area contributed by atoms with Crippen LogP contribution in [-0.2, 0) is 10.0 Å². The Kier molecular flexibility index (Phi) is 6.80. The normalized spacial score (nSPS) is 15.1. The van der Waals surface area contributed by atoms with Crippen molar-refractivity contribution in [2.45, 2.75) is 44.2 Å². The Labute approximate surface area is 128 Å². The number of benzene rings is 1. The molecule has 120 valence electrons. The fourth-order valence-electron chi connectivity index (χ4n) is 2.05. The molecule has 0 amide bonds. The maximum absolute atomic E-state index is 11.2. The predicted octanol–water partition coefficient (Wildman–Crippen LogP) is 1.71. The first-order valence-electron chi connectivity index (χ1n) is 7.32. The van der Waals surface area contributed by atoms with E-state index in [2.05, 4.69) is 38.0 Å². The maximum Gasteiger partial charge on any atom is 0.238 e. The predicted molar refractivity (Wildman–Crippen MR) is 86.6 cm³/mol. The molecule has 1 aromatic carbocycles. The molecule has 3 N–H and O–H groups in total. The van der Waals surface area contributed by atoms with Crippen LogP contribution in [0.25, 0.3) is 0 Å². The minimum atomic E-state index is -3.61. The largest absolute Gasteiger partial charge is 0.309 e. The van der Waals surface area contributed by atoms with Crippen molar-refractivity contribution in [3.8, 4) is 0 Å². The summed E-state index contributed by atoms with van der Waals surface area (Å²) in [4.78, 5) is 2.47. The standard InChI is InChI=1S/C15H27N3O2S/c1-5-12(2)18(4)11-10-17-13(3)14-6-8-15(9-7-14)21(16,19)20/h6-9,12-13,17H,5,10-11H2,1-4H3,(H2,16,19,20). The van der Waals surface area contributed by atoms with Crippen molar-refractivity contribution >= 4 is 10.0 Å². The molecule has 0 bridgehead atoms. The van der Waals surface area contributed by atoms with Gasteiger partial charge in [0, 0.05) is 25.2 Å². The van der Waals surface area contributed by atoms with Gasteiger partial charge in [0.1, 0.15) is 0 Å². The summed E-state index contributed by atoms with van der Waals surface area (Å²) >= 11 is 0. The lowest BCUT2D eigenvalue weighted by Crippen LogP contribution is -2.35. The highest BCUT2D eigenvalue weighted by atomic mass is 32.2. The van der Waals surface area contributed by atoms with Crippen LogP contribution >= 0.6 is 0 Å². The Morgan fingerprint density at radius 1 is 1.24 bits per heavy atom. The highest BCUT2D eigenvalue weighted by molar-refractivity contribution is 7.89. The van der Waals surface area contributed by atoms with Gasteiger partial charge in [-0.3, -0.25) is 0 Å². The van der Waals surface area contributed by atoms with Gasteiger partial charge in [0.2, 0.25) is 10.0 Å². The third kappa shape index (κ3) is 5.74. The number of likely N-dealkylation sites (N-methyl/N-ethyl adjacent to an activating group) is 1. The van der Waals surface area contributed by atoms with E-state index in [0.717, 1.165) is 25.1 Å². The van der Waals surface area contributed by atoms with Crippen molar-refractivity contribution < 1.29 is 8.42 Å². The Balaban J connectivity index is 2.51. The summed E-state index contributed by atoms with van der Waals surface area (Å²) < 4.78 is 22.4. The van der Waals surface area contributed by atoms with E-state index in [1.54, 1.807) is 24.3 Å². The first-order valence-corrected chi connectivity index (χ1v) is 8.86. The molecule has 0 saturated carbocycles. The minimum absolute atomic E-state index is 0.148. The molecule has 0 fully saturated rings. The Bertz CT molecular complexity index is 528. The van der Waals surface area contributed by atoms with Crippen LogP contribution in [0.3, 0.4) is 0 Å². The van der Waals surface area contributed by atoms with Gasteiger partial charge in [0.15, 0.2) is 0 Å². The first kappa shape index (κ1) is 18.1. The van der Waals surface area contributed by atoms with Gasteiger partial charge in [-0.1, -0.05) is 19.1 Å². The fraction of sp³-hybridized carbons (Fsp3) is 0.600. The van der Waals surface area contributed by atoms with Gasteiger partial charge in [-0.2, -0.15) is 0 Å². The van der Waals surface area contributed by atoms with E-state index in [0.29, 0.717) is 6.04 Å². The monoisotopic (exact) mass is 313 g/mol. The number of nitrogens with zero attached hydrogens (tertiary/aromatic N) is 1. The molecule has 0 aliphatic heterocycles. The molecule has 21 heavy (non-hydrogen) atoms. The van der Waals surface area contributed by atoms with E-state index in [1.165, 1.54) is 0 Å². The molecule has 0 radical (unpaired) electrons. The molecular formula is C15H27N3O2S. The lowest BCUT2D eigenvalue weighted by Gasteiger charge is -2.24. The molecule has 1 rings (SSSR count). The molecule has 0 aliphatic rings. The number of sulfonamides is 1. The zero-order chi connectivity index (χ0) is 16.0. The third-order valence-corrected chi connectivity index (χ3v) is 4.90. The van der Waals surface area contributed by atoms with Crippen molar-refractivity contribution in [2.24, 2.45) is 5.14 Å². The van der Waals surface area contributed by atoms with Crippen LogP contribution in [0.1, 0.15) is 38.8 Å². The second-order valence-corrected chi connectivity index (χ2v) is 7.09. The Morgan fingerprint density at radius 3 is 2.29 bits per heavy atom. The Hall–Kier alpha value is -0.950. The van der Waals surface area contributed by atoms with Crippen molar-refractivity contribution in [3.05, 3.63) is 29.8 Å². The van der Waals surface area contributed by atoms with Crippen LogP contribution in [0.4, 0.5) is 0 Å². The summed E-state index contributed by atoms with van der Waals surface area (Å²) in [5.74, 6) is 0. The lowest BCUT2D eigenvalue weighted by molar-refractivity contribution is 0.249. The maximum atomic E-state index is 11.2. The summed E-state index contributed by atoms with van der Waals surface area (Å²) in [7, 11) is -1.49. The fourth-order valence-corrected chi connectivity index (χ4v) is 2.57. The van der Waals surface area contributed by atoms with Crippen LogP contribution in [0, 0.1) is 0 Å². The van der Waals surface area contributed by atoms with E-state index in [-0.39, 0.29) is 10.9 Å². The first-order chi connectivity index (χ1) is 9.75. The van der Waals surface area contributed by atoms with Crippen molar-refractivity contribution in [1.82, 2.24) is 10.2 Å². The summed E-state index contributed by atoms with van der Waals surface area (Å²) in [6.07, 6.45) is 1.14. The molecule has 0 heterocycles. The molecular weight excluding hydrogens is 286 g/mol. The Morgan fingerprint density at radius 2 is 1.81 bits per heavy atom. The van der Waals surface area contributed by atoms with Crippen LogP contribution in [0.15, 0.2) is 29.2 Å². The summed E-state index contributed by atoms with van der Waals surface area (Å²) in [5.41, 5.74) is 1.05. The minimum Gasteiger partial charge on any atom is -0.309 e. The van der Waals surface area contributed by atoms with Crippen LogP contribution in [-0.4, -0.2) is 39.5 Å². The topological polar surface area (TPSA) is 75.4 Å². The van der Waals surface area contributed by atoms with E-state index >= 15 is 0 Å². The highest BCUT2D eigenvalue weighted by Crippen LogP contribution is 2.15. The van der Waals surface area contributed by atoms with Gasteiger partial charge < -0.3 is 10.2 Å². The average Bonchev–Trinajstić information content (AvgIpc) is 2.45. The molecule has 0 aliphatic carbocycles. The number of hydrogen-bond donors (Lipinski definition) is 2. The lowest BCUT2D eigenvalue weighted by atomic mass is 10.1. The number of rotatable bonds is 8. The van der Waals surface area contributed by atoms with Gasteiger partial charge in [-0.25, -0.2) is 13.6 Å². The van der Waals surface area contributed by atoms with Crippen molar-refractivity contribution in [3.63, 3.8) is 0 Å². The molecule has 0 aromatic heterocycles. The summed E-state index contributed by atoms with van der Waals surface area (Å²) in [6.45, 7) is 8.34. The van der Waals surface area contributed by atoms with E-state index in [1.807, 2.05) is 0 Å². The summed E-state index contributed by atoms with van der Waals surface area (Å²) in [5, 5.41) is 8.53. The van der Waals surface area contributed by atoms with Crippen LogP contribution in [0.2, 0.25) is 0 Å². The molecule has 1 aromatic rings. The van der Waals surface area contributed by atoms with Gasteiger partial charge in [-0.05, 0) is 45.0 Å². The van der Waals surface area contributed by atoms with E-state index in [9.17, 15) is 8.42 Å². The highest BCUT2D eigenvalue weighted by Gasteiger charge is 2.10. The van der Waals surface area contributed by atoms with Crippen molar-refractivity contribution in [1.29, 1.82) is 0 Å². The van der Waals surface area contributed by atoms with Gasteiger partial charge >= 0.3 is 0 Å². The third-order valence-electron chi connectivity index (χ3n) is 3.97. The number of hydrogen-bond acceptors (Lipinski definition) is 4. The quantitative estimate of drug-likeness (QED) is 0.766. The van der Waals surface area contributed by atoms with Gasteiger partial charge in [-0.15, -0.1) is 0 Å². The second kappa shape index (κ2) is 7.89. The molecule has 5 nitrogen and oxygen atoms in total. The smallest absolute Gasteiger partial charge is 0.238 e. The molecule has 2 unspecified atom stereocenters. The molecule has 6 heteroatoms. The van der Waals surface area contributed by atoms with E-state index in [4.69, 9.17) is 5.14 Å².